The van der Waals surface area contributed by atoms with Crippen molar-refractivity contribution in [2.75, 3.05) is 16.9 Å². The van der Waals surface area contributed by atoms with Crippen LogP contribution in [0, 0.1) is 5.41 Å². The molecule has 154 valence electrons. The predicted octanol–water partition coefficient (Wildman–Crippen LogP) is 4.51. The quantitative estimate of drug-likeness (QED) is 0.215. The van der Waals surface area contributed by atoms with E-state index in [2.05, 4.69) is 15.8 Å². The van der Waals surface area contributed by atoms with Crippen molar-refractivity contribution in [1.29, 1.82) is 5.41 Å². The third-order valence-corrected chi connectivity index (χ3v) is 3.83. The zero-order chi connectivity index (χ0) is 21.6. The summed E-state index contributed by atoms with van der Waals surface area (Å²) in [7, 11) is -3.67. The highest BCUT2D eigenvalue weighted by Gasteiger charge is 2.08. The van der Waals surface area contributed by atoms with Crippen molar-refractivity contribution in [3.05, 3.63) is 84.4 Å². The van der Waals surface area contributed by atoms with Crippen molar-refractivity contribution in [2.45, 2.75) is 0 Å². The maximum Gasteiger partial charge on any atom is 0.261 e. The molecular formula is C21H20N4O4S. The minimum absolute atomic E-state index is 0.352. The van der Waals surface area contributed by atoms with Gasteiger partial charge in [0.05, 0.1) is 11.6 Å². The molecule has 0 spiro atoms. The molecule has 1 aromatic heterocycles. The molecule has 0 unspecified atom stereocenters. The van der Waals surface area contributed by atoms with Crippen LogP contribution in [0.5, 0.6) is 0 Å². The number of benzene rings is 3. The van der Waals surface area contributed by atoms with Crippen LogP contribution in [-0.4, -0.2) is 30.2 Å². The summed E-state index contributed by atoms with van der Waals surface area (Å²) in [6.07, 6.45) is 0.715. The van der Waals surface area contributed by atoms with Gasteiger partial charge in [0.15, 0.2) is 11.4 Å². The number of aromatic nitrogens is 1. The van der Waals surface area contributed by atoms with Crippen LogP contribution in [-0.2, 0) is 10.1 Å². The molecule has 8 nitrogen and oxygen atoms in total. The van der Waals surface area contributed by atoms with Gasteiger partial charge in [0.25, 0.3) is 10.1 Å². The topological polar surface area (TPSA) is 128 Å². The van der Waals surface area contributed by atoms with Crippen LogP contribution >= 0.6 is 0 Å². The van der Waals surface area contributed by atoms with Crippen molar-refractivity contribution < 1.29 is 17.5 Å². The van der Waals surface area contributed by atoms with E-state index in [0.717, 1.165) is 27.9 Å². The summed E-state index contributed by atoms with van der Waals surface area (Å²) in [4.78, 5) is 0. The van der Waals surface area contributed by atoms with Gasteiger partial charge in [0, 0.05) is 16.9 Å². The van der Waals surface area contributed by atoms with Gasteiger partial charge >= 0.3 is 0 Å². The largest absolute Gasteiger partial charge is 0.354 e. The summed E-state index contributed by atoms with van der Waals surface area (Å²) in [5.74, 6) is 1.02. The summed E-state index contributed by atoms with van der Waals surface area (Å²) in [6, 6.07) is 25.0. The van der Waals surface area contributed by atoms with Crippen LogP contribution in [0.15, 0.2) is 83.4 Å². The fraction of sp³-hybridized carbons (Fsp3) is 0.0476. The number of nitrogens with one attached hydrogen (secondary N) is 3. The van der Waals surface area contributed by atoms with Crippen LogP contribution in [0.4, 0.5) is 17.2 Å². The maximum atomic E-state index is 9.19. The molecular weight excluding hydrogens is 404 g/mol. The maximum absolute atomic E-state index is 9.19. The van der Waals surface area contributed by atoms with E-state index in [4.69, 9.17) is 14.5 Å². The summed E-state index contributed by atoms with van der Waals surface area (Å²) < 4.78 is 31.2. The molecule has 1 heterocycles. The standard InChI is InChI=1S/C20H16N4O.CH4O3S/c21-19(14-7-2-1-3-8-14)22-15-9-6-10-16(13-15)23-20-17-11-4-5-12-18(17)25-24-20;1-5(2,3)4/h1-13H,(H2,21,22)(H,23,24);1H3,(H,2,3,4). The smallest absolute Gasteiger partial charge is 0.261 e. The molecule has 30 heavy (non-hydrogen) atoms. The first kappa shape index (κ1) is 21.0. The van der Waals surface area contributed by atoms with Gasteiger partial charge in [0.1, 0.15) is 5.84 Å². The highest BCUT2D eigenvalue weighted by Crippen LogP contribution is 2.26. The zero-order valence-corrected chi connectivity index (χ0v) is 16.8. The Morgan fingerprint density at radius 3 is 2.33 bits per heavy atom. The first-order valence-corrected chi connectivity index (χ1v) is 10.7. The zero-order valence-electron chi connectivity index (χ0n) is 16.0. The number of fused-ring (bicyclic) bond motifs is 1. The van der Waals surface area contributed by atoms with E-state index >= 15 is 0 Å². The van der Waals surface area contributed by atoms with Crippen molar-refractivity contribution in [3.63, 3.8) is 0 Å². The highest BCUT2D eigenvalue weighted by molar-refractivity contribution is 7.85. The van der Waals surface area contributed by atoms with E-state index < -0.39 is 10.1 Å². The van der Waals surface area contributed by atoms with Crippen LogP contribution < -0.4 is 10.6 Å². The Hall–Kier alpha value is -3.69. The van der Waals surface area contributed by atoms with Gasteiger partial charge < -0.3 is 15.2 Å². The monoisotopic (exact) mass is 424 g/mol. The average molecular weight is 424 g/mol. The number of hydrogen-bond acceptors (Lipinski definition) is 6. The fourth-order valence-corrected chi connectivity index (χ4v) is 2.61. The Kier molecular flexibility index (Phi) is 6.45. The average Bonchev–Trinajstić information content (AvgIpc) is 3.11. The Morgan fingerprint density at radius 1 is 0.967 bits per heavy atom. The van der Waals surface area contributed by atoms with Gasteiger partial charge in [-0.15, -0.1) is 0 Å². The number of anilines is 3. The third kappa shape index (κ3) is 6.16. The minimum atomic E-state index is -3.67. The lowest BCUT2D eigenvalue weighted by atomic mass is 10.2. The molecule has 4 aromatic rings. The third-order valence-electron chi connectivity index (χ3n) is 3.83. The van der Waals surface area contributed by atoms with Gasteiger partial charge in [-0.3, -0.25) is 9.96 Å². The van der Waals surface area contributed by atoms with Crippen LogP contribution in [0.25, 0.3) is 11.0 Å². The first-order valence-electron chi connectivity index (χ1n) is 8.84. The van der Waals surface area contributed by atoms with Crippen molar-refractivity contribution >= 4 is 44.1 Å². The highest BCUT2D eigenvalue weighted by atomic mass is 32.2. The summed E-state index contributed by atoms with van der Waals surface area (Å²) in [5, 5.41) is 19.6. The minimum Gasteiger partial charge on any atom is -0.354 e. The molecule has 0 bridgehead atoms. The van der Waals surface area contributed by atoms with E-state index in [1.807, 2.05) is 78.9 Å². The van der Waals surface area contributed by atoms with Gasteiger partial charge in [-0.1, -0.05) is 53.7 Å². The molecule has 9 heteroatoms. The normalized spacial score (nSPS) is 10.7. The van der Waals surface area contributed by atoms with Crippen LogP contribution in [0.3, 0.4) is 0 Å². The van der Waals surface area contributed by atoms with Gasteiger partial charge in [-0.25, -0.2) is 0 Å². The van der Waals surface area contributed by atoms with E-state index in [0.29, 0.717) is 17.9 Å². The molecule has 0 aliphatic heterocycles. The lowest BCUT2D eigenvalue weighted by Crippen LogP contribution is -2.11. The fourth-order valence-electron chi connectivity index (χ4n) is 2.61. The second kappa shape index (κ2) is 9.21. The number of rotatable bonds is 4. The second-order valence-electron chi connectivity index (χ2n) is 6.33. The molecule has 0 aliphatic carbocycles. The molecule has 0 radical (unpaired) electrons. The summed E-state index contributed by atoms with van der Waals surface area (Å²) >= 11 is 0. The molecule has 0 atom stereocenters. The predicted molar refractivity (Wildman–Crippen MR) is 118 cm³/mol. The van der Waals surface area contributed by atoms with Crippen LogP contribution in [0.2, 0.25) is 0 Å². The lowest BCUT2D eigenvalue weighted by molar-refractivity contribution is 0.460. The van der Waals surface area contributed by atoms with E-state index in [1.165, 1.54) is 0 Å². The van der Waals surface area contributed by atoms with Gasteiger partial charge in [-0.2, -0.15) is 8.42 Å². The number of hydrogen-bond donors (Lipinski definition) is 4. The molecule has 0 aliphatic rings. The number of nitrogens with zero attached hydrogens (tertiary/aromatic N) is 1. The van der Waals surface area contributed by atoms with Crippen molar-refractivity contribution in [3.8, 4) is 0 Å². The molecule has 0 saturated heterocycles. The van der Waals surface area contributed by atoms with Crippen LogP contribution in [0.1, 0.15) is 5.56 Å². The first-order chi connectivity index (χ1) is 14.3. The Bertz CT molecular complexity index is 1250. The molecule has 4 rings (SSSR count). The number of para-hydroxylation sites is 1. The van der Waals surface area contributed by atoms with Crippen molar-refractivity contribution in [2.24, 2.45) is 0 Å². The molecule has 3 aromatic carbocycles. The second-order valence-corrected chi connectivity index (χ2v) is 7.80. The molecule has 0 saturated carbocycles. The van der Waals surface area contributed by atoms with E-state index in [9.17, 15) is 8.42 Å². The number of amidine groups is 1. The Balaban J connectivity index is 0.000000461. The van der Waals surface area contributed by atoms with E-state index in [1.54, 1.807) is 0 Å². The Labute approximate surface area is 173 Å². The SMILES string of the molecule is CS(=O)(=O)O.N=C(Nc1cccc(Nc2noc3ccccc23)c1)c1ccccc1. The Morgan fingerprint density at radius 2 is 1.60 bits per heavy atom. The lowest BCUT2D eigenvalue weighted by Gasteiger charge is -2.10. The molecule has 0 amide bonds. The molecule has 0 fully saturated rings. The van der Waals surface area contributed by atoms with E-state index in [-0.39, 0.29) is 0 Å². The van der Waals surface area contributed by atoms with Gasteiger partial charge in [-0.05, 0) is 30.3 Å². The van der Waals surface area contributed by atoms with Gasteiger partial charge in [0.2, 0.25) is 0 Å². The summed E-state index contributed by atoms with van der Waals surface area (Å²) in [5.41, 5.74) is 3.27. The molecule has 4 N–H and O–H groups in total. The van der Waals surface area contributed by atoms with Crippen molar-refractivity contribution in [1.82, 2.24) is 5.16 Å². The summed E-state index contributed by atoms with van der Waals surface area (Å²) in [6.45, 7) is 0.